The Hall–Kier alpha value is -2.55. The van der Waals surface area contributed by atoms with Crippen molar-refractivity contribution in [1.82, 2.24) is 5.32 Å². The average molecular weight is 444 g/mol. The van der Waals surface area contributed by atoms with Gasteiger partial charge in [-0.3, -0.25) is 14.9 Å². The Bertz CT molecular complexity index is 1050. The van der Waals surface area contributed by atoms with Gasteiger partial charge in [-0.05, 0) is 60.4 Å². The molecule has 0 aliphatic heterocycles. The molecule has 0 saturated heterocycles. The van der Waals surface area contributed by atoms with E-state index in [-0.39, 0.29) is 24.3 Å². The van der Waals surface area contributed by atoms with E-state index in [9.17, 15) is 14.0 Å². The Balaban J connectivity index is 1.49. The summed E-state index contributed by atoms with van der Waals surface area (Å²) in [5, 5.41) is 8.62. The van der Waals surface area contributed by atoms with Crippen molar-refractivity contribution in [1.29, 1.82) is 0 Å². The second-order valence-corrected chi connectivity index (χ2v) is 9.29. The number of benzene rings is 1. The number of primary amides is 1. The molecule has 0 bridgehead atoms. The molecule has 0 saturated carbocycles. The van der Waals surface area contributed by atoms with Crippen molar-refractivity contribution < 1.29 is 14.0 Å². The molecule has 1 aliphatic carbocycles. The number of nitrogens with two attached hydrogens (primary N) is 1. The molecule has 0 unspecified atom stereocenters. The first-order valence-electron chi connectivity index (χ1n) is 9.79. The molecule has 4 rings (SSSR count). The smallest absolute Gasteiger partial charge is 0.251 e. The lowest BCUT2D eigenvalue weighted by Gasteiger charge is -2.18. The highest BCUT2D eigenvalue weighted by molar-refractivity contribution is 7.17. The first-order valence-corrected chi connectivity index (χ1v) is 11.5. The van der Waals surface area contributed by atoms with Crippen LogP contribution in [-0.2, 0) is 17.6 Å². The van der Waals surface area contributed by atoms with Crippen molar-refractivity contribution in [2.75, 3.05) is 11.9 Å². The SMILES string of the molecule is NC(=O)c1c(NC(=O)CN[C@H](c2ccc(F)cc2)c2cccs2)sc2c1CCCC2. The van der Waals surface area contributed by atoms with E-state index in [4.69, 9.17) is 5.73 Å². The summed E-state index contributed by atoms with van der Waals surface area (Å²) in [7, 11) is 0. The van der Waals surface area contributed by atoms with E-state index in [0.717, 1.165) is 46.6 Å². The predicted molar refractivity (Wildman–Crippen MR) is 119 cm³/mol. The lowest BCUT2D eigenvalue weighted by molar-refractivity contribution is -0.115. The number of aryl methyl sites for hydroxylation is 1. The molecule has 1 aromatic carbocycles. The Labute approximate surface area is 182 Å². The Morgan fingerprint density at radius 1 is 1.13 bits per heavy atom. The zero-order valence-corrected chi connectivity index (χ0v) is 17.9. The Morgan fingerprint density at radius 3 is 2.60 bits per heavy atom. The van der Waals surface area contributed by atoms with E-state index in [1.807, 2.05) is 17.5 Å². The predicted octanol–water partition coefficient (Wildman–Crippen LogP) is 4.24. The molecule has 30 heavy (non-hydrogen) atoms. The van der Waals surface area contributed by atoms with Crippen molar-refractivity contribution >= 4 is 39.5 Å². The maximum atomic E-state index is 13.3. The van der Waals surface area contributed by atoms with Gasteiger partial charge in [0.25, 0.3) is 5.91 Å². The van der Waals surface area contributed by atoms with Gasteiger partial charge in [0.1, 0.15) is 10.8 Å². The summed E-state index contributed by atoms with van der Waals surface area (Å²) in [6.07, 6.45) is 3.85. The summed E-state index contributed by atoms with van der Waals surface area (Å²) in [5.41, 5.74) is 7.92. The number of thiophene rings is 2. The first kappa shape index (κ1) is 20.7. The van der Waals surface area contributed by atoms with Crippen LogP contribution in [0.1, 0.15) is 50.1 Å². The van der Waals surface area contributed by atoms with Gasteiger partial charge in [-0.2, -0.15) is 0 Å². The van der Waals surface area contributed by atoms with Crippen molar-refractivity contribution in [3.05, 3.63) is 74.0 Å². The number of halogens is 1. The zero-order chi connectivity index (χ0) is 21.1. The minimum Gasteiger partial charge on any atom is -0.365 e. The third-order valence-electron chi connectivity index (χ3n) is 5.17. The highest BCUT2D eigenvalue weighted by Crippen LogP contribution is 2.37. The molecule has 5 nitrogen and oxygen atoms in total. The van der Waals surface area contributed by atoms with Gasteiger partial charge in [0.05, 0.1) is 18.2 Å². The van der Waals surface area contributed by atoms with Crippen molar-refractivity contribution in [2.45, 2.75) is 31.7 Å². The van der Waals surface area contributed by atoms with Crippen molar-refractivity contribution in [2.24, 2.45) is 5.73 Å². The molecular weight excluding hydrogens is 421 g/mol. The highest BCUT2D eigenvalue weighted by Gasteiger charge is 2.25. The Morgan fingerprint density at radius 2 is 1.90 bits per heavy atom. The van der Waals surface area contributed by atoms with Gasteiger partial charge in [0.15, 0.2) is 0 Å². The standard InChI is InChI=1S/C22H22FN3O2S2/c23-14-9-7-13(8-10-14)20(17-6-3-11-29-17)25-12-18(27)26-22-19(21(24)28)15-4-1-2-5-16(15)30-22/h3,6-11,20,25H,1-2,4-5,12H2,(H2,24,28)(H,26,27)/t20-/m1/s1. The van der Waals surface area contributed by atoms with E-state index in [0.29, 0.717) is 10.6 Å². The molecule has 0 spiro atoms. The maximum absolute atomic E-state index is 13.3. The number of carbonyl (C=O) groups excluding carboxylic acids is 2. The van der Waals surface area contributed by atoms with Gasteiger partial charge in [-0.15, -0.1) is 22.7 Å². The van der Waals surface area contributed by atoms with E-state index in [1.165, 1.54) is 23.5 Å². The van der Waals surface area contributed by atoms with Crippen LogP contribution in [0.3, 0.4) is 0 Å². The quantitative estimate of drug-likeness (QED) is 0.511. The molecule has 4 N–H and O–H groups in total. The van der Waals surface area contributed by atoms with Crippen LogP contribution in [0.5, 0.6) is 0 Å². The topological polar surface area (TPSA) is 84.2 Å². The fourth-order valence-electron chi connectivity index (χ4n) is 3.77. The van der Waals surface area contributed by atoms with E-state index >= 15 is 0 Å². The van der Waals surface area contributed by atoms with Crippen LogP contribution in [-0.4, -0.2) is 18.4 Å². The molecule has 2 amide bonds. The second-order valence-electron chi connectivity index (χ2n) is 7.21. The van der Waals surface area contributed by atoms with Crippen LogP contribution in [0.25, 0.3) is 0 Å². The fourth-order valence-corrected chi connectivity index (χ4v) is 5.91. The number of anilines is 1. The van der Waals surface area contributed by atoms with Gasteiger partial charge in [0.2, 0.25) is 5.91 Å². The first-order chi connectivity index (χ1) is 14.5. The summed E-state index contributed by atoms with van der Waals surface area (Å²) in [4.78, 5) is 26.9. The van der Waals surface area contributed by atoms with Crippen LogP contribution in [0.4, 0.5) is 9.39 Å². The molecule has 156 valence electrons. The Kier molecular flexibility index (Phi) is 6.26. The third-order valence-corrected chi connectivity index (χ3v) is 7.31. The molecule has 2 heterocycles. The molecular formula is C22H22FN3O2S2. The number of nitrogens with one attached hydrogen (secondary N) is 2. The van der Waals surface area contributed by atoms with Crippen molar-refractivity contribution in [3.63, 3.8) is 0 Å². The minimum atomic E-state index is -0.500. The summed E-state index contributed by atoms with van der Waals surface area (Å²) >= 11 is 3.01. The molecule has 1 aliphatic rings. The monoisotopic (exact) mass is 443 g/mol. The molecule has 2 aromatic heterocycles. The number of hydrogen-bond acceptors (Lipinski definition) is 5. The highest BCUT2D eigenvalue weighted by atomic mass is 32.1. The number of carbonyl (C=O) groups is 2. The van der Waals surface area contributed by atoms with Gasteiger partial charge < -0.3 is 11.1 Å². The van der Waals surface area contributed by atoms with E-state index in [1.54, 1.807) is 23.5 Å². The van der Waals surface area contributed by atoms with E-state index < -0.39 is 5.91 Å². The van der Waals surface area contributed by atoms with Crippen LogP contribution in [0, 0.1) is 5.82 Å². The number of fused-ring (bicyclic) bond motifs is 1. The largest absolute Gasteiger partial charge is 0.365 e. The van der Waals surface area contributed by atoms with Gasteiger partial charge in [0, 0.05) is 9.75 Å². The number of amides is 2. The summed E-state index contributed by atoms with van der Waals surface area (Å²) in [6.45, 7) is 0.0424. The lowest BCUT2D eigenvalue weighted by Crippen LogP contribution is -2.32. The van der Waals surface area contributed by atoms with Gasteiger partial charge in [-0.25, -0.2) is 4.39 Å². The zero-order valence-electron chi connectivity index (χ0n) is 16.2. The van der Waals surface area contributed by atoms with Gasteiger partial charge in [-0.1, -0.05) is 18.2 Å². The molecule has 0 fully saturated rings. The average Bonchev–Trinajstić information content (AvgIpc) is 3.37. The van der Waals surface area contributed by atoms with Crippen LogP contribution < -0.4 is 16.4 Å². The van der Waals surface area contributed by atoms with Crippen LogP contribution >= 0.6 is 22.7 Å². The third kappa shape index (κ3) is 4.45. The lowest BCUT2D eigenvalue weighted by atomic mass is 9.95. The molecule has 3 aromatic rings. The summed E-state index contributed by atoms with van der Waals surface area (Å²) < 4.78 is 13.3. The maximum Gasteiger partial charge on any atom is 0.251 e. The van der Waals surface area contributed by atoms with E-state index in [2.05, 4.69) is 10.6 Å². The number of rotatable bonds is 7. The van der Waals surface area contributed by atoms with Crippen molar-refractivity contribution in [3.8, 4) is 0 Å². The van der Waals surface area contributed by atoms with Crippen LogP contribution in [0.15, 0.2) is 41.8 Å². The molecule has 1 atom stereocenters. The second kappa shape index (κ2) is 9.07. The van der Waals surface area contributed by atoms with Crippen LogP contribution in [0.2, 0.25) is 0 Å². The minimum absolute atomic E-state index is 0.0424. The van der Waals surface area contributed by atoms with Gasteiger partial charge >= 0.3 is 0 Å². The fraction of sp³-hybridized carbons (Fsp3) is 0.273. The molecule has 8 heteroatoms. The molecule has 0 radical (unpaired) electrons. The normalized spacial score (nSPS) is 14.2. The summed E-state index contributed by atoms with van der Waals surface area (Å²) in [6, 6.07) is 9.92. The summed E-state index contributed by atoms with van der Waals surface area (Å²) in [5.74, 6) is -1.05. The number of hydrogen-bond donors (Lipinski definition) is 3.